The van der Waals surface area contributed by atoms with Gasteiger partial charge >= 0.3 is 6.09 Å². The summed E-state index contributed by atoms with van der Waals surface area (Å²) in [5.41, 5.74) is 2.80. The molecule has 1 heterocycles. The molecular weight excluding hydrogens is 466 g/mol. The van der Waals surface area contributed by atoms with E-state index < -0.39 is 29.7 Å². The van der Waals surface area contributed by atoms with Crippen LogP contribution in [0.15, 0.2) is 41.2 Å². The largest absolute Gasteiger partial charge is 0.508 e. The summed E-state index contributed by atoms with van der Waals surface area (Å²) in [5.74, 6) is -0.775. The minimum atomic E-state index is -0.990. The molecule has 1 aromatic carbocycles. The molecule has 3 amide bonds. The number of hydrogen-bond donors (Lipinski definition) is 4. The van der Waals surface area contributed by atoms with E-state index in [0.29, 0.717) is 6.42 Å². The molecule has 2 aromatic rings. The molecule has 9 heteroatoms. The lowest BCUT2D eigenvalue weighted by atomic mass is 9.95. The van der Waals surface area contributed by atoms with Crippen molar-refractivity contribution in [2.45, 2.75) is 72.1 Å². The van der Waals surface area contributed by atoms with Gasteiger partial charge in [-0.15, -0.1) is 0 Å². The lowest BCUT2D eigenvalue weighted by Crippen LogP contribution is -2.53. The Morgan fingerprint density at radius 1 is 1.11 bits per heavy atom. The molecule has 35 heavy (non-hydrogen) atoms. The Hall–Kier alpha value is -3.33. The van der Waals surface area contributed by atoms with Crippen LogP contribution in [0.3, 0.4) is 0 Å². The van der Waals surface area contributed by atoms with E-state index in [9.17, 15) is 19.5 Å². The lowest BCUT2D eigenvalue weighted by molar-refractivity contribution is -0.129. The van der Waals surface area contributed by atoms with Crippen molar-refractivity contribution >= 4 is 29.2 Å². The molecule has 0 aliphatic carbocycles. The number of carbonyl (C=O) groups is 3. The van der Waals surface area contributed by atoms with Crippen molar-refractivity contribution in [3.05, 3.63) is 63.5 Å². The summed E-state index contributed by atoms with van der Waals surface area (Å²) in [6.45, 7) is 10.4. The normalized spacial score (nSPS) is 13.2. The summed E-state index contributed by atoms with van der Waals surface area (Å²) in [6.07, 6.45) is 3.51. The van der Waals surface area contributed by atoms with Gasteiger partial charge in [-0.3, -0.25) is 9.59 Å². The third kappa shape index (κ3) is 9.44. The minimum Gasteiger partial charge on any atom is -0.508 e. The van der Waals surface area contributed by atoms with Crippen molar-refractivity contribution in [3.63, 3.8) is 0 Å². The van der Waals surface area contributed by atoms with Crippen molar-refractivity contribution in [2.24, 2.45) is 0 Å². The first kappa shape index (κ1) is 27.9. The molecule has 0 radical (unpaired) electrons. The van der Waals surface area contributed by atoms with Crippen LogP contribution in [0, 0.1) is 13.8 Å². The van der Waals surface area contributed by atoms with Gasteiger partial charge in [-0.1, -0.05) is 6.08 Å². The van der Waals surface area contributed by atoms with Crippen LogP contribution in [0.25, 0.3) is 0 Å². The average molecular weight is 502 g/mol. The predicted molar refractivity (Wildman–Crippen MR) is 137 cm³/mol. The van der Waals surface area contributed by atoms with Crippen LogP contribution in [-0.4, -0.2) is 40.7 Å². The summed E-state index contributed by atoms with van der Waals surface area (Å²) in [5, 5.41) is 21.8. The standard InChI is InChI=1S/C26H35N3O5S/c1-16-12-20(30)13-17(2)21(16)14-22(29-25(33)34-26(4,5)6)24(32)28-18(3)23(31)27-10-7-8-19-9-11-35-15-19/h7,9-13,15,18,22,30H,8,14H2,1-6H3,(H,27,31)(H,28,32)(H,29,33)/b10-7+/t18-,22?/m1/s1. The molecule has 2 atom stereocenters. The van der Waals surface area contributed by atoms with Crippen LogP contribution >= 0.6 is 11.3 Å². The molecule has 0 bridgehead atoms. The molecule has 0 aliphatic heterocycles. The van der Waals surface area contributed by atoms with E-state index in [2.05, 4.69) is 16.0 Å². The van der Waals surface area contributed by atoms with Gasteiger partial charge in [0.2, 0.25) is 11.8 Å². The van der Waals surface area contributed by atoms with Crippen LogP contribution in [0.2, 0.25) is 0 Å². The van der Waals surface area contributed by atoms with Crippen molar-refractivity contribution in [1.29, 1.82) is 0 Å². The van der Waals surface area contributed by atoms with Gasteiger partial charge in [0, 0.05) is 12.6 Å². The summed E-state index contributed by atoms with van der Waals surface area (Å²) in [6, 6.07) is 3.39. The van der Waals surface area contributed by atoms with Crippen LogP contribution in [0.4, 0.5) is 4.79 Å². The van der Waals surface area contributed by atoms with Gasteiger partial charge in [0.1, 0.15) is 23.4 Å². The van der Waals surface area contributed by atoms with Crippen LogP contribution in [0.5, 0.6) is 5.75 Å². The van der Waals surface area contributed by atoms with Gasteiger partial charge in [-0.25, -0.2) is 4.79 Å². The zero-order valence-electron chi connectivity index (χ0n) is 21.1. The molecule has 0 spiro atoms. The second kappa shape index (κ2) is 12.4. The number of rotatable bonds is 9. The first-order valence-electron chi connectivity index (χ1n) is 11.4. The van der Waals surface area contributed by atoms with Gasteiger partial charge in [-0.05, 0) is 99.2 Å². The second-order valence-corrected chi connectivity index (χ2v) is 10.2. The van der Waals surface area contributed by atoms with E-state index in [1.54, 1.807) is 57.4 Å². The van der Waals surface area contributed by atoms with Crippen LogP contribution < -0.4 is 16.0 Å². The maximum Gasteiger partial charge on any atom is 0.408 e. The number of aromatic hydroxyl groups is 1. The van der Waals surface area contributed by atoms with E-state index in [0.717, 1.165) is 22.3 Å². The monoisotopic (exact) mass is 501 g/mol. The highest BCUT2D eigenvalue weighted by atomic mass is 32.1. The van der Waals surface area contributed by atoms with Crippen LogP contribution in [0.1, 0.15) is 49.9 Å². The summed E-state index contributed by atoms with van der Waals surface area (Å²) in [4.78, 5) is 38.0. The van der Waals surface area contributed by atoms with Crippen molar-refractivity contribution in [3.8, 4) is 5.75 Å². The zero-order valence-corrected chi connectivity index (χ0v) is 21.9. The number of hydrogen-bond acceptors (Lipinski definition) is 6. The fourth-order valence-electron chi connectivity index (χ4n) is 3.41. The Labute approximate surface area is 210 Å². The number of alkyl carbamates (subject to hydrolysis) is 1. The number of phenolic OH excluding ortho intramolecular Hbond substituents is 1. The molecule has 190 valence electrons. The predicted octanol–water partition coefficient (Wildman–Crippen LogP) is 3.88. The van der Waals surface area contributed by atoms with Gasteiger partial charge in [0.05, 0.1) is 0 Å². The lowest BCUT2D eigenvalue weighted by Gasteiger charge is -2.25. The number of ether oxygens (including phenoxy) is 1. The third-order valence-electron chi connectivity index (χ3n) is 5.13. The first-order valence-corrected chi connectivity index (χ1v) is 12.4. The van der Waals surface area contributed by atoms with E-state index in [4.69, 9.17) is 4.74 Å². The molecule has 0 saturated heterocycles. The zero-order chi connectivity index (χ0) is 26.2. The molecule has 8 nitrogen and oxygen atoms in total. The van der Waals surface area contributed by atoms with Gasteiger partial charge in [-0.2, -0.15) is 11.3 Å². The first-order chi connectivity index (χ1) is 16.4. The third-order valence-corrected chi connectivity index (χ3v) is 5.86. The number of phenols is 1. The molecule has 0 aliphatic rings. The number of benzene rings is 1. The fraction of sp³-hybridized carbons (Fsp3) is 0.423. The number of nitrogens with one attached hydrogen (secondary N) is 3. The molecule has 1 unspecified atom stereocenters. The highest BCUT2D eigenvalue weighted by molar-refractivity contribution is 7.07. The summed E-state index contributed by atoms with van der Waals surface area (Å²) >= 11 is 1.61. The van der Waals surface area contributed by atoms with Crippen molar-refractivity contribution in [2.75, 3.05) is 0 Å². The summed E-state index contributed by atoms with van der Waals surface area (Å²) in [7, 11) is 0. The van der Waals surface area contributed by atoms with Gasteiger partial charge < -0.3 is 25.8 Å². The number of thiophene rings is 1. The van der Waals surface area contributed by atoms with Crippen LogP contribution in [-0.2, 0) is 27.2 Å². The average Bonchev–Trinajstić information content (AvgIpc) is 3.24. The molecule has 0 saturated carbocycles. The van der Waals surface area contributed by atoms with E-state index in [-0.39, 0.29) is 18.1 Å². The molecule has 1 aromatic heterocycles. The Morgan fingerprint density at radius 3 is 2.34 bits per heavy atom. The summed E-state index contributed by atoms with van der Waals surface area (Å²) < 4.78 is 5.33. The Kier molecular flexibility index (Phi) is 9.89. The quantitative estimate of drug-likeness (QED) is 0.416. The molecule has 2 rings (SSSR count). The van der Waals surface area contributed by atoms with Gasteiger partial charge in [0.15, 0.2) is 0 Å². The Balaban J connectivity index is 2.08. The molecule has 4 N–H and O–H groups in total. The highest BCUT2D eigenvalue weighted by Gasteiger charge is 2.28. The number of allylic oxidation sites excluding steroid dienone is 1. The van der Waals surface area contributed by atoms with E-state index >= 15 is 0 Å². The van der Waals surface area contributed by atoms with E-state index in [1.165, 1.54) is 0 Å². The fourth-order valence-corrected chi connectivity index (χ4v) is 4.09. The smallest absolute Gasteiger partial charge is 0.408 e. The molecule has 0 fully saturated rings. The highest BCUT2D eigenvalue weighted by Crippen LogP contribution is 2.22. The maximum absolute atomic E-state index is 13.1. The molecular formula is C26H35N3O5S. The van der Waals surface area contributed by atoms with Crippen molar-refractivity contribution < 1.29 is 24.2 Å². The topological polar surface area (TPSA) is 117 Å². The Bertz CT molecular complexity index is 1030. The maximum atomic E-state index is 13.1. The van der Waals surface area contributed by atoms with Gasteiger partial charge in [0.25, 0.3) is 0 Å². The Morgan fingerprint density at radius 2 is 1.77 bits per heavy atom. The number of aryl methyl sites for hydroxylation is 2. The van der Waals surface area contributed by atoms with Crippen molar-refractivity contribution in [1.82, 2.24) is 16.0 Å². The van der Waals surface area contributed by atoms with E-state index in [1.807, 2.05) is 36.7 Å². The number of carbonyl (C=O) groups excluding carboxylic acids is 3. The minimum absolute atomic E-state index is 0.127. The number of amides is 3. The second-order valence-electron chi connectivity index (χ2n) is 9.44. The SMILES string of the molecule is Cc1cc(O)cc(C)c1CC(NC(=O)OC(C)(C)C)C(=O)N[C@H](C)C(=O)N/C=C/Cc1ccsc1.